The smallest absolute Gasteiger partial charge is 0.212 e. The van der Waals surface area contributed by atoms with Crippen molar-refractivity contribution in [3.63, 3.8) is 0 Å². The van der Waals surface area contributed by atoms with Crippen LogP contribution in [0.5, 0.6) is 0 Å². The normalized spacial score (nSPS) is 26.2. The number of rotatable bonds is 3. The van der Waals surface area contributed by atoms with Crippen LogP contribution in [0.1, 0.15) is 49.0 Å². The number of nitrogens with one attached hydrogen (secondary N) is 1. The second kappa shape index (κ2) is 5.28. The zero-order valence-electron chi connectivity index (χ0n) is 13.7. The largest absolute Gasteiger partial charge is 0.316 e. The van der Waals surface area contributed by atoms with Crippen LogP contribution in [0.2, 0.25) is 0 Å². The predicted octanol–water partition coefficient (Wildman–Crippen LogP) is 2.41. The highest BCUT2D eigenvalue weighted by Crippen LogP contribution is 2.37. The molecule has 2 aliphatic rings. The SMILES string of the molecule is Cc1nn2c(CN3CCC4(CCNC4)C3)c(C(C)C)nc2s1. The van der Waals surface area contributed by atoms with E-state index in [0.29, 0.717) is 11.3 Å². The first kappa shape index (κ1) is 14.6. The van der Waals surface area contributed by atoms with E-state index < -0.39 is 0 Å². The fourth-order valence-electron chi connectivity index (χ4n) is 4.03. The Morgan fingerprint density at radius 3 is 2.95 bits per heavy atom. The molecule has 120 valence electrons. The molecule has 4 rings (SSSR count). The molecule has 2 fully saturated rings. The monoisotopic (exact) mass is 319 g/mol. The highest BCUT2D eigenvalue weighted by atomic mass is 32.1. The summed E-state index contributed by atoms with van der Waals surface area (Å²) in [7, 11) is 0. The summed E-state index contributed by atoms with van der Waals surface area (Å²) in [6.45, 7) is 12.3. The molecule has 22 heavy (non-hydrogen) atoms. The van der Waals surface area contributed by atoms with Crippen molar-refractivity contribution < 1.29 is 0 Å². The molecule has 0 aliphatic carbocycles. The molecule has 0 aromatic carbocycles. The first-order valence-corrected chi connectivity index (χ1v) is 9.16. The van der Waals surface area contributed by atoms with E-state index in [2.05, 4.69) is 40.6 Å². The minimum absolute atomic E-state index is 0.453. The zero-order chi connectivity index (χ0) is 15.3. The summed E-state index contributed by atoms with van der Waals surface area (Å²) < 4.78 is 2.09. The third-order valence-electron chi connectivity index (χ3n) is 5.20. The van der Waals surface area contributed by atoms with Crippen molar-refractivity contribution in [3.05, 3.63) is 16.4 Å². The van der Waals surface area contributed by atoms with Crippen LogP contribution in [0.25, 0.3) is 4.96 Å². The topological polar surface area (TPSA) is 45.5 Å². The van der Waals surface area contributed by atoms with Crippen molar-refractivity contribution in [1.82, 2.24) is 24.8 Å². The molecular weight excluding hydrogens is 294 g/mol. The molecule has 2 aromatic heterocycles. The molecule has 1 spiro atoms. The standard InChI is InChI=1S/C16H25N5S/c1-11(2)14-13(21-15(18-14)22-12(3)19-21)8-20-7-5-16(10-20)4-6-17-9-16/h11,17H,4-10H2,1-3H3. The Labute approximate surface area is 135 Å². The molecule has 2 aromatic rings. The molecule has 1 unspecified atom stereocenters. The van der Waals surface area contributed by atoms with E-state index in [1.807, 2.05) is 0 Å². The molecule has 1 N–H and O–H groups in total. The number of nitrogens with zero attached hydrogens (tertiary/aromatic N) is 4. The summed E-state index contributed by atoms with van der Waals surface area (Å²) in [6, 6.07) is 0. The number of likely N-dealkylation sites (tertiary alicyclic amines) is 1. The lowest BCUT2D eigenvalue weighted by Crippen LogP contribution is -2.29. The predicted molar refractivity (Wildman–Crippen MR) is 89.5 cm³/mol. The molecule has 5 nitrogen and oxygen atoms in total. The van der Waals surface area contributed by atoms with Crippen molar-refractivity contribution in [2.45, 2.75) is 46.1 Å². The van der Waals surface area contributed by atoms with Gasteiger partial charge in [-0.1, -0.05) is 25.2 Å². The average molecular weight is 319 g/mol. The number of hydrogen-bond donors (Lipinski definition) is 1. The fraction of sp³-hybridized carbons (Fsp3) is 0.750. The molecule has 0 saturated carbocycles. The summed E-state index contributed by atoms with van der Waals surface area (Å²) in [5.74, 6) is 0.453. The van der Waals surface area contributed by atoms with E-state index in [4.69, 9.17) is 4.98 Å². The van der Waals surface area contributed by atoms with Gasteiger partial charge in [0.15, 0.2) is 0 Å². The Bertz CT molecular complexity index is 680. The number of fused-ring (bicyclic) bond motifs is 1. The summed E-state index contributed by atoms with van der Waals surface area (Å²) in [6.07, 6.45) is 2.66. The molecule has 4 heterocycles. The van der Waals surface area contributed by atoms with Gasteiger partial charge in [-0.2, -0.15) is 5.10 Å². The van der Waals surface area contributed by atoms with Crippen LogP contribution in [0.3, 0.4) is 0 Å². The zero-order valence-corrected chi connectivity index (χ0v) is 14.5. The molecule has 0 bridgehead atoms. The van der Waals surface area contributed by atoms with Crippen molar-refractivity contribution in [3.8, 4) is 0 Å². The lowest BCUT2D eigenvalue weighted by Gasteiger charge is -2.23. The number of aryl methyl sites for hydroxylation is 1. The summed E-state index contributed by atoms with van der Waals surface area (Å²) in [5, 5.41) is 9.32. The van der Waals surface area contributed by atoms with Gasteiger partial charge in [-0.05, 0) is 44.2 Å². The van der Waals surface area contributed by atoms with Crippen molar-refractivity contribution >= 4 is 16.3 Å². The minimum Gasteiger partial charge on any atom is -0.316 e. The first-order chi connectivity index (χ1) is 10.6. The highest BCUT2D eigenvalue weighted by Gasteiger charge is 2.40. The van der Waals surface area contributed by atoms with Crippen molar-refractivity contribution in [2.24, 2.45) is 5.41 Å². The van der Waals surface area contributed by atoms with Gasteiger partial charge in [0.05, 0.1) is 11.4 Å². The molecular formula is C16H25N5S. The first-order valence-electron chi connectivity index (χ1n) is 8.34. The summed E-state index contributed by atoms with van der Waals surface area (Å²) in [4.78, 5) is 8.50. The second-order valence-corrected chi connectivity index (χ2v) is 8.46. The van der Waals surface area contributed by atoms with Gasteiger partial charge in [0.25, 0.3) is 0 Å². The lowest BCUT2D eigenvalue weighted by molar-refractivity contribution is 0.264. The average Bonchev–Trinajstić information content (AvgIpc) is 3.19. The van der Waals surface area contributed by atoms with Gasteiger partial charge in [-0.3, -0.25) is 4.90 Å². The molecule has 6 heteroatoms. The highest BCUT2D eigenvalue weighted by molar-refractivity contribution is 7.16. The maximum absolute atomic E-state index is 4.84. The molecule has 1 atom stereocenters. The van der Waals surface area contributed by atoms with Gasteiger partial charge in [0, 0.05) is 19.6 Å². The molecule has 0 radical (unpaired) electrons. The number of aromatic nitrogens is 3. The van der Waals surface area contributed by atoms with Crippen LogP contribution in [-0.2, 0) is 6.54 Å². The van der Waals surface area contributed by atoms with E-state index in [-0.39, 0.29) is 0 Å². The van der Waals surface area contributed by atoms with E-state index >= 15 is 0 Å². The van der Waals surface area contributed by atoms with E-state index in [9.17, 15) is 0 Å². The maximum atomic E-state index is 4.84. The van der Waals surface area contributed by atoms with Gasteiger partial charge in [0.2, 0.25) is 4.96 Å². The number of imidazole rings is 1. The van der Waals surface area contributed by atoms with Gasteiger partial charge in [-0.15, -0.1) is 0 Å². The minimum atomic E-state index is 0.453. The van der Waals surface area contributed by atoms with E-state index in [1.54, 1.807) is 11.3 Å². The van der Waals surface area contributed by atoms with Crippen LogP contribution in [0.15, 0.2) is 0 Å². The van der Waals surface area contributed by atoms with Crippen LogP contribution in [0, 0.1) is 12.3 Å². The molecule has 2 aliphatic heterocycles. The van der Waals surface area contributed by atoms with Gasteiger partial charge < -0.3 is 5.32 Å². The molecule has 2 saturated heterocycles. The molecule has 0 amide bonds. The van der Waals surface area contributed by atoms with Crippen LogP contribution < -0.4 is 5.32 Å². The summed E-state index contributed by atoms with van der Waals surface area (Å²) >= 11 is 1.69. The van der Waals surface area contributed by atoms with Crippen LogP contribution >= 0.6 is 11.3 Å². The van der Waals surface area contributed by atoms with Crippen LogP contribution in [0.4, 0.5) is 0 Å². The van der Waals surface area contributed by atoms with Crippen molar-refractivity contribution in [2.75, 3.05) is 26.2 Å². The summed E-state index contributed by atoms with van der Waals surface area (Å²) in [5.41, 5.74) is 3.06. The Balaban J connectivity index is 1.62. The van der Waals surface area contributed by atoms with Gasteiger partial charge in [-0.25, -0.2) is 9.50 Å². The Hall–Kier alpha value is -0.980. The quantitative estimate of drug-likeness (QED) is 0.944. The fourth-order valence-corrected chi connectivity index (χ4v) is 4.80. The maximum Gasteiger partial charge on any atom is 0.212 e. The Kier molecular flexibility index (Phi) is 3.51. The third-order valence-corrected chi connectivity index (χ3v) is 6.02. The van der Waals surface area contributed by atoms with E-state index in [1.165, 1.54) is 50.4 Å². The Morgan fingerprint density at radius 2 is 2.23 bits per heavy atom. The van der Waals surface area contributed by atoms with Gasteiger partial charge >= 0.3 is 0 Å². The third kappa shape index (κ3) is 2.37. The lowest BCUT2D eigenvalue weighted by atomic mass is 9.87. The Morgan fingerprint density at radius 1 is 1.36 bits per heavy atom. The van der Waals surface area contributed by atoms with Crippen molar-refractivity contribution in [1.29, 1.82) is 0 Å². The van der Waals surface area contributed by atoms with E-state index in [0.717, 1.165) is 16.5 Å². The second-order valence-electron chi connectivity index (χ2n) is 7.30. The van der Waals surface area contributed by atoms with Crippen LogP contribution in [-0.4, -0.2) is 45.7 Å². The van der Waals surface area contributed by atoms with Gasteiger partial charge in [0.1, 0.15) is 5.01 Å². The number of hydrogen-bond acceptors (Lipinski definition) is 5.